The van der Waals surface area contributed by atoms with Crippen molar-refractivity contribution < 1.29 is 9.32 Å². The van der Waals surface area contributed by atoms with Crippen molar-refractivity contribution in [3.63, 3.8) is 0 Å². The Hall–Kier alpha value is -2.30. The van der Waals surface area contributed by atoms with Crippen molar-refractivity contribution >= 4 is 34.8 Å². The lowest BCUT2D eigenvalue weighted by Crippen LogP contribution is -2.14. The van der Waals surface area contributed by atoms with Gasteiger partial charge in [0.05, 0.1) is 22.2 Å². The largest absolute Gasteiger partial charge is 0.356 e. The van der Waals surface area contributed by atoms with E-state index in [4.69, 9.17) is 27.7 Å². The minimum Gasteiger partial charge on any atom is -0.356 e. The molecule has 0 saturated carbocycles. The lowest BCUT2D eigenvalue weighted by Gasteiger charge is -2.04. The summed E-state index contributed by atoms with van der Waals surface area (Å²) in [4.78, 5) is 12.1. The summed E-state index contributed by atoms with van der Waals surface area (Å²) in [6.07, 6.45) is 0.108. The van der Waals surface area contributed by atoms with Crippen LogP contribution in [0, 0.1) is 0 Å². The molecule has 1 heterocycles. The van der Waals surface area contributed by atoms with Crippen LogP contribution in [0.3, 0.4) is 0 Å². The number of halogens is 2. The van der Waals surface area contributed by atoms with E-state index in [9.17, 15) is 4.79 Å². The lowest BCUT2D eigenvalue weighted by molar-refractivity contribution is -0.115. The molecule has 0 atom stereocenters. The second-order valence-electron chi connectivity index (χ2n) is 4.90. The van der Waals surface area contributed by atoms with Gasteiger partial charge in [-0.1, -0.05) is 58.7 Å². The third-order valence-electron chi connectivity index (χ3n) is 3.16. The molecule has 0 saturated heterocycles. The maximum Gasteiger partial charge on any atom is 0.230 e. The Morgan fingerprint density at radius 2 is 1.83 bits per heavy atom. The van der Waals surface area contributed by atoms with Crippen LogP contribution in [0.25, 0.3) is 11.3 Å². The number of hydrogen-bond acceptors (Lipinski definition) is 3. The van der Waals surface area contributed by atoms with Gasteiger partial charge in [0.2, 0.25) is 5.91 Å². The average Bonchev–Trinajstić information content (AvgIpc) is 3.00. The normalized spacial score (nSPS) is 10.5. The van der Waals surface area contributed by atoms with E-state index in [1.54, 1.807) is 24.3 Å². The molecule has 0 radical (unpaired) electrons. The third kappa shape index (κ3) is 3.92. The summed E-state index contributed by atoms with van der Waals surface area (Å²) < 4.78 is 5.27. The molecule has 0 aliphatic carbocycles. The summed E-state index contributed by atoms with van der Waals surface area (Å²) in [5, 5.41) is 7.49. The maximum atomic E-state index is 12.1. The fourth-order valence-electron chi connectivity index (χ4n) is 2.08. The third-order valence-corrected chi connectivity index (χ3v) is 3.90. The molecule has 116 valence electrons. The van der Waals surface area contributed by atoms with Crippen LogP contribution in [0.15, 0.2) is 59.1 Å². The Kier molecular flexibility index (Phi) is 4.65. The highest BCUT2D eigenvalue weighted by atomic mass is 35.5. The second-order valence-corrected chi connectivity index (χ2v) is 5.72. The highest BCUT2D eigenvalue weighted by Gasteiger charge is 2.11. The second kappa shape index (κ2) is 6.86. The molecule has 6 heteroatoms. The van der Waals surface area contributed by atoms with Crippen molar-refractivity contribution in [2.45, 2.75) is 6.42 Å². The first kappa shape index (κ1) is 15.6. The number of nitrogens with zero attached hydrogens (tertiary/aromatic N) is 1. The van der Waals surface area contributed by atoms with Crippen LogP contribution in [-0.4, -0.2) is 11.1 Å². The van der Waals surface area contributed by atoms with Crippen LogP contribution >= 0.6 is 23.2 Å². The topological polar surface area (TPSA) is 55.1 Å². The zero-order valence-corrected chi connectivity index (χ0v) is 13.4. The van der Waals surface area contributed by atoms with Gasteiger partial charge in [0.15, 0.2) is 5.76 Å². The first-order valence-corrected chi connectivity index (χ1v) is 7.63. The molecule has 0 aliphatic heterocycles. The van der Waals surface area contributed by atoms with Crippen LogP contribution in [0.2, 0.25) is 10.0 Å². The van der Waals surface area contributed by atoms with E-state index in [-0.39, 0.29) is 12.3 Å². The molecular weight excluding hydrogens is 335 g/mol. The Bertz CT molecular complexity index is 832. The SMILES string of the molecule is O=C(Cc1cc(-c2ccccc2)on1)Nc1ccc(Cl)c(Cl)c1. The number of nitrogens with one attached hydrogen (secondary N) is 1. The minimum absolute atomic E-state index is 0.108. The number of rotatable bonds is 4. The Labute approximate surface area is 143 Å². The highest BCUT2D eigenvalue weighted by molar-refractivity contribution is 6.42. The molecule has 0 bridgehead atoms. The minimum atomic E-state index is -0.212. The van der Waals surface area contributed by atoms with Crippen LogP contribution in [0.5, 0.6) is 0 Å². The van der Waals surface area contributed by atoms with Gasteiger partial charge in [-0.2, -0.15) is 0 Å². The number of anilines is 1. The molecule has 1 aromatic heterocycles. The summed E-state index contributed by atoms with van der Waals surface area (Å²) >= 11 is 11.8. The summed E-state index contributed by atoms with van der Waals surface area (Å²) in [5.74, 6) is 0.416. The fourth-order valence-corrected chi connectivity index (χ4v) is 2.38. The first-order chi connectivity index (χ1) is 11.1. The van der Waals surface area contributed by atoms with Crippen LogP contribution in [-0.2, 0) is 11.2 Å². The molecular formula is C17H12Cl2N2O2. The summed E-state index contributed by atoms with van der Waals surface area (Å²) in [5.41, 5.74) is 2.05. The van der Waals surface area contributed by atoms with Crippen molar-refractivity contribution in [1.29, 1.82) is 0 Å². The van der Waals surface area contributed by atoms with E-state index in [2.05, 4.69) is 10.5 Å². The number of carbonyl (C=O) groups is 1. The van der Waals surface area contributed by atoms with Crippen LogP contribution < -0.4 is 5.32 Å². The molecule has 3 aromatic rings. The van der Waals surface area contributed by atoms with Crippen molar-refractivity contribution in [2.24, 2.45) is 0 Å². The van der Waals surface area contributed by atoms with Gasteiger partial charge >= 0.3 is 0 Å². The lowest BCUT2D eigenvalue weighted by atomic mass is 10.1. The van der Waals surface area contributed by atoms with E-state index < -0.39 is 0 Å². The molecule has 0 spiro atoms. The summed E-state index contributed by atoms with van der Waals surface area (Å²) in [6, 6.07) is 16.2. The van der Waals surface area contributed by atoms with Gasteiger partial charge in [-0.25, -0.2) is 0 Å². The summed E-state index contributed by atoms with van der Waals surface area (Å²) in [6.45, 7) is 0. The van der Waals surface area contributed by atoms with Crippen molar-refractivity contribution in [3.8, 4) is 11.3 Å². The van der Waals surface area contributed by atoms with Crippen molar-refractivity contribution in [3.05, 3.63) is 70.3 Å². The van der Waals surface area contributed by atoms with E-state index in [0.717, 1.165) is 5.56 Å². The monoisotopic (exact) mass is 346 g/mol. The Morgan fingerprint density at radius 3 is 2.57 bits per heavy atom. The molecule has 1 N–H and O–H groups in total. The van der Waals surface area contributed by atoms with E-state index >= 15 is 0 Å². The zero-order chi connectivity index (χ0) is 16.2. The molecule has 3 rings (SSSR count). The molecule has 4 nitrogen and oxygen atoms in total. The number of aromatic nitrogens is 1. The number of carbonyl (C=O) groups excluding carboxylic acids is 1. The molecule has 23 heavy (non-hydrogen) atoms. The Balaban J connectivity index is 1.66. The molecule has 2 aromatic carbocycles. The standard InChI is InChI=1S/C17H12Cl2N2O2/c18-14-7-6-12(8-15(14)19)20-17(22)10-13-9-16(23-21-13)11-4-2-1-3-5-11/h1-9H,10H2,(H,20,22). The number of benzene rings is 2. The fraction of sp³-hybridized carbons (Fsp3) is 0.0588. The average molecular weight is 347 g/mol. The van der Waals surface area contributed by atoms with Gasteiger partial charge in [0.1, 0.15) is 0 Å². The van der Waals surface area contributed by atoms with Gasteiger partial charge in [-0.05, 0) is 18.2 Å². The van der Waals surface area contributed by atoms with Gasteiger partial charge in [0, 0.05) is 17.3 Å². The van der Waals surface area contributed by atoms with E-state index in [1.807, 2.05) is 30.3 Å². The summed E-state index contributed by atoms with van der Waals surface area (Å²) in [7, 11) is 0. The quantitative estimate of drug-likeness (QED) is 0.735. The van der Waals surface area contributed by atoms with Gasteiger partial charge in [-0.3, -0.25) is 4.79 Å². The molecule has 0 aliphatic rings. The van der Waals surface area contributed by atoms with Crippen molar-refractivity contribution in [1.82, 2.24) is 5.16 Å². The zero-order valence-electron chi connectivity index (χ0n) is 11.9. The Morgan fingerprint density at radius 1 is 1.04 bits per heavy atom. The van der Waals surface area contributed by atoms with Gasteiger partial charge in [0.25, 0.3) is 0 Å². The van der Waals surface area contributed by atoms with Crippen LogP contribution in [0.1, 0.15) is 5.69 Å². The molecule has 1 amide bonds. The maximum absolute atomic E-state index is 12.1. The highest BCUT2D eigenvalue weighted by Crippen LogP contribution is 2.25. The van der Waals surface area contributed by atoms with Crippen LogP contribution in [0.4, 0.5) is 5.69 Å². The molecule has 0 unspecified atom stereocenters. The van der Waals surface area contributed by atoms with Gasteiger partial charge in [-0.15, -0.1) is 0 Å². The van der Waals surface area contributed by atoms with Gasteiger partial charge < -0.3 is 9.84 Å². The predicted octanol–water partition coefficient (Wildman–Crippen LogP) is 4.83. The number of hydrogen-bond donors (Lipinski definition) is 1. The molecule has 0 fully saturated rings. The first-order valence-electron chi connectivity index (χ1n) is 6.88. The van der Waals surface area contributed by atoms with E-state index in [0.29, 0.717) is 27.2 Å². The predicted molar refractivity (Wildman–Crippen MR) is 90.7 cm³/mol. The van der Waals surface area contributed by atoms with Crippen molar-refractivity contribution in [2.75, 3.05) is 5.32 Å². The smallest absolute Gasteiger partial charge is 0.230 e. The van der Waals surface area contributed by atoms with E-state index in [1.165, 1.54) is 0 Å². The number of amides is 1.